The van der Waals surface area contributed by atoms with Gasteiger partial charge in [0.1, 0.15) is 17.3 Å². The molecule has 0 radical (unpaired) electrons. The molecule has 6 nitrogen and oxygen atoms in total. The molecule has 0 saturated carbocycles. The largest absolute Gasteiger partial charge is 0.497 e. The second-order valence-electron chi connectivity index (χ2n) is 7.52. The number of amides is 2. The molecular formula is C24H18F4N2O4. The molecule has 1 aliphatic rings. The molecule has 1 atom stereocenters. The van der Waals surface area contributed by atoms with Gasteiger partial charge in [-0.05, 0) is 48.0 Å². The molecule has 176 valence electrons. The third-order valence-corrected chi connectivity index (χ3v) is 5.20. The van der Waals surface area contributed by atoms with E-state index in [-0.39, 0.29) is 29.3 Å². The van der Waals surface area contributed by atoms with E-state index >= 15 is 0 Å². The van der Waals surface area contributed by atoms with E-state index in [1.54, 1.807) is 18.2 Å². The Kier molecular flexibility index (Phi) is 6.14. The van der Waals surface area contributed by atoms with Crippen molar-refractivity contribution in [2.75, 3.05) is 17.7 Å². The van der Waals surface area contributed by atoms with E-state index in [9.17, 15) is 27.2 Å². The quantitative estimate of drug-likeness (QED) is 0.465. The average molecular weight is 474 g/mol. The van der Waals surface area contributed by atoms with Gasteiger partial charge in [-0.2, -0.15) is 13.2 Å². The number of hydrogen-bond acceptors (Lipinski definition) is 4. The molecule has 1 unspecified atom stereocenters. The van der Waals surface area contributed by atoms with Crippen molar-refractivity contribution in [3.8, 4) is 17.2 Å². The number of ether oxygens (including phenoxy) is 2. The normalized spacial score (nSPS) is 15.2. The minimum absolute atomic E-state index is 0.0470. The molecule has 0 aromatic heterocycles. The number of anilines is 2. The van der Waals surface area contributed by atoms with Gasteiger partial charge in [-0.15, -0.1) is 0 Å². The van der Waals surface area contributed by atoms with E-state index < -0.39 is 35.3 Å². The van der Waals surface area contributed by atoms with Crippen LogP contribution in [0.5, 0.6) is 17.2 Å². The Bertz CT molecular complexity index is 1260. The van der Waals surface area contributed by atoms with Gasteiger partial charge in [-0.25, -0.2) is 4.39 Å². The number of rotatable bonds is 5. The van der Waals surface area contributed by atoms with Crippen molar-refractivity contribution in [1.82, 2.24) is 0 Å². The summed E-state index contributed by atoms with van der Waals surface area (Å²) >= 11 is 0. The molecule has 1 aliphatic heterocycles. The second-order valence-corrected chi connectivity index (χ2v) is 7.52. The molecule has 3 aromatic rings. The molecule has 3 aromatic carbocycles. The first kappa shape index (κ1) is 23.1. The van der Waals surface area contributed by atoms with E-state index in [0.717, 1.165) is 30.3 Å². The van der Waals surface area contributed by atoms with Gasteiger partial charge in [-0.3, -0.25) is 9.59 Å². The van der Waals surface area contributed by atoms with Crippen molar-refractivity contribution in [1.29, 1.82) is 0 Å². The van der Waals surface area contributed by atoms with E-state index in [0.29, 0.717) is 11.3 Å². The first-order valence-electron chi connectivity index (χ1n) is 10.1. The maximum Gasteiger partial charge on any atom is 0.416 e. The molecule has 0 fully saturated rings. The summed E-state index contributed by atoms with van der Waals surface area (Å²) in [6, 6.07) is 12.6. The third-order valence-electron chi connectivity index (χ3n) is 5.20. The summed E-state index contributed by atoms with van der Waals surface area (Å²) in [5, 5.41) is 4.94. The average Bonchev–Trinajstić information content (AvgIpc) is 2.78. The van der Waals surface area contributed by atoms with Crippen molar-refractivity contribution < 1.29 is 36.6 Å². The summed E-state index contributed by atoms with van der Waals surface area (Å²) in [4.78, 5) is 25.1. The predicted octanol–water partition coefficient (Wildman–Crippen LogP) is 5.71. The fourth-order valence-corrected chi connectivity index (χ4v) is 3.58. The molecule has 2 amide bonds. The number of carbonyl (C=O) groups excluding carboxylic acids is 2. The van der Waals surface area contributed by atoms with Crippen LogP contribution in [0.25, 0.3) is 0 Å². The molecule has 2 N–H and O–H groups in total. The maximum atomic E-state index is 13.6. The van der Waals surface area contributed by atoms with E-state index in [1.807, 2.05) is 0 Å². The van der Waals surface area contributed by atoms with Crippen molar-refractivity contribution in [3.05, 3.63) is 77.6 Å². The predicted molar refractivity (Wildman–Crippen MR) is 116 cm³/mol. The molecule has 4 rings (SSSR count). The Hall–Kier alpha value is -4.08. The number of nitrogens with one attached hydrogen (secondary N) is 2. The van der Waals surface area contributed by atoms with Crippen molar-refractivity contribution >= 4 is 23.2 Å². The highest BCUT2D eigenvalue weighted by molar-refractivity contribution is 6.05. The number of benzene rings is 3. The Balaban J connectivity index is 1.68. The van der Waals surface area contributed by atoms with Gasteiger partial charge in [0.05, 0.1) is 24.3 Å². The SMILES string of the molecule is COc1cccc(Oc2ccc(C(F)(F)F)cc2NC(=O)C2CC(=O)Nc3cc(F)ccc32)c1. The van der Waals surface area contributed by atoms with Crippen molar-refractivity contribution in [2.24, 2.45) is 0 Å². The topological polar surface area (TPSA) is 76.7 Å². The fourth-order valence-electron chi connectivity index (χ4n) is 3.58. The summed E-state index contributed by atoms with van der Waals surface area (Å²) in [7, 11) is 1.45. The van der Waals surface area contributed by atoms with Crippen LogP contribution in [0, 0.1) is 5.82 Å². The number of fused-ring (bicyclic) bond motifs is 1. The van der Waals surface area contributed by atoms with Crippen LogP contribution in [0.15, 0.2) is 60.7 Å². The van der Waals surface area contributed by atoms with Gasteiger partial charge >= 0.3 is 6.18 Å². The van der Waals surface area contributed by atoms with E-state index in [4.69, 9.17) is 9.47 Å². The molecule has 10 heteroatoms. The van der Waals surface area contributed by atoms with Crippen LogP contribution in [-0.2, 0) is 15.8 Å². The lowest BCUT2D eigenvalue weighted by Gasteiger charge is -2.25. The Morgan fingerprint density at radius 1 is 1.06 bits per heavy atom. The lowest BCUT2D eigenvalue weighted by Crippen LogP contribution is -2.31. The minimum atomic E-state index is -4.66. The highest BCUT2D eigenvalue weighted by Crippen LogP contribution is 2.39. The highest BCUT2D eigenvalue weighted by Gasteiger charge is 2.34. The molecule has 1 heterocycles. The van der Waals surface area contributed by atoms with Crippen LogP contribution in [0.1, 0.15) is 23.5 Å². The van der Waals surface area contributed by atoms with Crippen LogP contribution in [0.3, 0.4) is 0 Å². The number of carbonyl (C=O) groups is 2. The van der Waals surface area contributed by atoms with Crippen LogP contribution < -0.4 is 20.1 Å². The summed E-state index contributed by atoms with van der Waals surface area (Å²) in [6.45, 7) is 0. The molecular weight excluding hydrogens is 456 g/mol. The standard InChI is InChI=1S/C24H18F4N2O4/c1-33-15-3-2-4-16(11-15)34-21-8-5-13(24(26,27)28)9-20(21)30-23(32)18-12-22(31)29-19-10-14(25)6-7-17(18)19/h2-11,18H,12H2,1H3,(H,29,31)(H,30,32). The zero-order chi connectivity index (χ0) is 24.5. The maximum absolute atomic E-state index is 13.6. The van der Waals surface area contributed by atoms with Crippen molar-refractivity contribution in [2.45, 2.75) is 18.5 Å². The first-order chi connectivity index (χ1) is 16.1. The van der Waals surface area contributed by atoms with Crippen molar-refractivity contribution in [3.63, 3.8) is 0 Å². The van der Waals surface area contributed by atoms with Crippen LogP contribution >= 0.6 is 0 Å². The van der Waals surface area contributed by atoms with Gasteiger partial charge in [0.25, 0.3) is 0 Å². The zero-order valence-electron chi connectivity index (χ0n) is 17.7. The summed E-state index contributed by atoms with van der Waals surface area (Å²) in [5.74, 6) is -2.21. The monoisotopic (exact) mass is 474 g/mol. The van der Waals surface area contributed by atoms with Gasteiger partial charge in [0.15, 0.2) is 5.75 Å². The number of methoxy groups -OCH3 is 1. The molecule has 0 saturated heterocycles. The molecule has 0 aliphatic carbocycles. The first-order valence-corrected chi connectivity index (χ1v) is 10.1. The van der Waals surface area contributed by atoms with Gasteiger partial charge < -0.3 is 20.1 Å². The van der Waals surface area contributed by atoms with Gasteiger partial charge in [0.2, 0.25) is 11.8 Å². The lowest BCUT2D eigenvalue weighted by molar-refractivity contribution is -0.137. The van der Waals surface area contributed by atoms with Gasteiger partial charge in [-0.1, -0.05) is 12.1 Å². The number of halogens is 4. The smallest absolute Gasteiger partial charge is 0.416 e. The van der Waals surface area contributed by atoms with Crippen LogP contribution in [0.2, 0.25) is 0 Å². The van der Waals surface area contributed by atoms with Crippen LogP contribution in [0.4, 0.5) is 28.9 Å². The summed E-state index contributed by atoms with van der Waals surface area (Å²) < 4.78 is 64.5. The number of alkyl halides is 3. The minimum Gasteiger partial charge on any atom is -0.497 e. The molecule has 34 heavy (non-hydrogen) atoms. The zero-order valence-corrected chi connectivity index (χ0v) is 17.7. The number of hydrogen-bond donors (Lipinski definition) is 2. The molecule has 0 bridgehead atoms. The lowest BCUT2D eigenvalue weighted by atomic mass is 9.89. The second kappa shape index (κ2) is 9.05. The fraction of sp³-hybridized carbons (Fsp3) is 0.167. The van der Waals surface area contributed by atoms with E-state index in [1.165, 1.54) is 19.2 Å². The van der Waals surface area contributed by atoms with E-state index in [2.05, 4.69) is 10.6 Å². The Morgan fingerprint density at radius 2 is 1.82 bits per heavy atom. The Labute approximate surface area is 191 Å². The summed E-state index contributed by atoms with van der Waals surface area (Å²) in [5.41, 5.74) is -0.754. The third kappa shape index (κ3) is 4.95. The Morgan fingerprint density at radius 3 is 2.56 bits per heavy atom. The summed E-state index contributed by atoms with van der Waals surface area (Å²) in [6.07, 6.45) is -4.92. The van der Waals surface area contributed by atoms with Crippen LogP contribution in [-0.4, -0.2) is 18.9 Å². The van der Waals surface area contributed by atoms with Gasteiger partial charge in [0, 0.05) is 18.2 Å². The highest BCUT2D eigenvalue weighted by atomic mass is 19.4. The molecule has 0 spiro atoms.